The quantitative estimate of drug-likeness (QED) is 0.405. The van der Waals surface area contributed by atoms with Gasteiger partial charge in [-0.05, 0) is 47.2 Å². The summed E-state index contributed by atoms with van der Waals surface area (Å²) in [7, 11) is 0. The number of halogens is 4. The summed E-state index contributed by atoms with van der Waals surface area (Å²) in [6.07, 6.45) is 0. The molecule has 3 rings (SSSR count). The van der Waals surface area contributed by atoms with E-state index in [1.54, 1.807) is 0 Å². The van der Waals surface area contributed by atoms with Gasteiger partial charge in [-0.2, -0.15) is 0 Å². The van der Waals surface area contributed by atoms with Crippen molar-refractivity contribution < 1.29 is 17.6 Å². The van der Waals surface area contributed by atoms with Crippen molar-refractivity contribution in [1.29, 1.82) is 0 Å². The lowest BCUT2D eigenvalue weighted by atomic mass is 10.0. The van der Waals surface area contributed by atoms with Crippen molar-refractivity contribution in [2.75, 3.05) is 0 Å². The van der Waals surface area contributed by atoms with Crippen LogP contribution in [0.5, 0.6) is 0 Å². The van der Waals surface area contributed by atoms with Gasteiger partial charge in [-0.25, -0.2) is 17.6 Å². The van der Waals surface area contributed by atoms with Crippen LogP contribution in [0.2, 0.25) is 0 Å². The van der Waals surface area contributed by atoms with Crippen LogP contribution in [0.15, 0.2) is 36.4 Å². The molecule has 3 aromatic carbocycles. The van der Waals surface area contributed by atoms with Crippen molar-refractivity contribution in [3.63, 3.8) is 0 Å². The summed E-state index contributed by atoms with van der Waals surface area (Å²) in [5.41, 5.74) is 0. The topological polar surface area (TPSA) is 0 Å². The predicted molar refractivity (Wildman–Crippen MR) is 61.3 cm³/mol. The molecule has 0 unspecified atom stereocenters. The Kier molecular flexibility index (Phi) is 2.26. The molecule has 0 bridgehead atoms. The van der Waals surface area contributed by atoms with Gasteiger partial charge >= 0.3 is 0 Å². The van der Waals surface area contributed by atoms with Crippen molar-refractivity contribution in [2.45, 2.75) is 0 Å². The highest BCUT2D eigenvalue weighted by Gasteiger charge is 2.15. The lowest BCUT2D eigenvalue weighted by Gasteiger charge is -2.07. The summed E-state index contributed by atoms with van der Waals surface area (Å²) in [5.74, 6) is -3.27. The molecule has 0 aliphatic heterocycles. The Morgan fingerprint density at radius 2 is 0.889 bits per heavy atom. The maximum atomic E-state index is 13.8. The van der Waals surface area contributed by atoms with Crippen LogP contribution in [-0.4, -0.2) is 0 Å². The highest BCUT2D eigenvalue weighted by atomic mass is 19.2. The van der Waals surface area contributed by atoms with E-state index in [0.717, 1.165) is 36.4 Å². The predicted octanol–water partition coefficient (Wildman–Crippen LogP) is 4.55. The van der Waals surface area contributed by atoms with E-state index in [9.17, 15) is 17.6 Å². The Hall–Kier alpha value is -2.10. The average molecular weight is 250 g/mol. The first-order chi connectivity index (χ1) is 8.58. The monoisotopic (exact) mass is 250 g/mol. The molecular weight excluding hydrogens is 244 g/mol. The van der Waals surface area contributed by atoms with Gasteiger partial charge in [0.15, 0.2) is 11.6 Å². The molecule has 18 heavy (non-hydrogen) atoms. The molecule has 4 heteroatoms. The summed E-state index contributed by atoms with van der Waals surface area (Å²) >= 11 is 0. The highest BCUT2D eigenvalue weighted by Crippen LogP contribution is 2.31. The average Bonchev–Trinajstić information content (AvgIpc) is 2.36. The maximum absolute atomic E-state index is 13.8. The molecule has 0 aliphatic rings. The minimum Gasteiger partial charge on any atom is -0.207 e. The van der Waals surface area contributed by atoms with E-state index in [0.29, 0.717) is 0 Å². The van der Waals surface area contributed by atoms with Crippen LogP contribution in [0, 0.1) is 23.3 Å². The van der Waals surface area contributed by atoms with E-state index in [4.69, 9.17) is 0 Å². The molecule has 0 aliphatic carbocycles. The lowest BCUT2D eigenvalue weighted by molar-refractivity contribution is 0.525. The number of rotatable bonds is 0. The fourth-order valence-corrected chi connectivity index (χ4v) is 2.10. The summed E-state index contributed by atoms with van der Waals surface area (Å²) in [5, 5.41) is 0.186. The summed E-state index contributed by atoms with van der Waals surface area (Å²) in [4.78, 5) is 0. The largest absolute Gasteiger partial charge is 0.207 e. The second-order valence-corrected chi connectivity index (χ2v) is 4.01. The lowest BCUT2D eigenvalue weighted by Crippen LogP contribution is -1.92. The van der Waals surface area contributed by atoms with E-state index >= 15 is 0 Å². The third-order valence-electron chi connectivity index (χ3n) is 2.92. The Balaban J connectivity index is 2.64. The SMILES string of the molecule is Fc1ccc2c(F)c(F)c3ccc(F)cc3c2c1. The molecule has 0 atom stereocenters. The molecule has 0 fully saturated rings. The molecule has 0 heterocycles. The van der Waals surface area contributed by atoms with Crippen LogP contribution in [0.3, 0.4) is 0 Å². The molecule has 90 valence electrons. The molecule has 0 nitrogen and oxygen atoms in total. The zero-order valence-corrected chi connectivity index (χ0v) is 8.98. The molecule has 0 radical (unpaired) electrons. The molecule has 0 N–H and O–H groups in total. The van der Waals surface area contributed by atoms with Crippen molar-refractivity contribution in [3.05, 3.63) is 59.7 Å². The third kappa shape index (κ3) is 1.45. The van der Waals surface area contributed by atoms with Gasteiger partial charge in [-0.15, -0.1) is 0 Å². The van der Waals surface area contributed by atoms with Gasteiger partial charge < -0.3 is 0 Å². The van der Waals surface area contributed by atoms with Gasteiger partial charge in [0.1, 0.15) is 11.6 Å². The van der Waals surface area contributed by atoms with Gasteiger partial charge in [0, 0.05) is 10.8 Å². The van der Waals surface area contributed by atoms with Crippen LogP contribution in [-0.2, 0) is 0 Å². The van der Waals surface area contributed by atoms with Crippen molar-refractivity contribution in [1.82, 2.24) is 0 Å². The molecular formula is C14H6F4. The molecule has 3 aromatic rings. The summed E-state index contributed by atoms with van der Waals surface area (Å²) in [6, 6.07) is 6.51. The minimum absolute atomic E-state index is 0.0630. The van der Waals surface area contributed by atoms with Crippen molar-refractivity contribution >= 4 is 21.5 Å². The second-order valence-electron chi connectivity index (χ2n) is 4.01. The minimum atomic E-state index is -1.05. The van der Waals surface area contributed by atoms with Gasteiger partial charge in [-0.3, -0.25) is 0 Å². The smallest absolute Gasteiger partial charge is 0.167 e. The van der Waals surface area contributed by atoms with E-state index in [-0.39, 0.29) is 21.5 Å². The zero-order valence-electron chi connectivity index (χ0n) is 8.98. The van der Waals surface area contributed by atoms with Gasteiger partial charge in [0.2, 0.25) is 0 Å². The number of fused-ring (bicyclic) bond motifs is 3. The summed E-state index contributed by atoms with van der Waals surface area (Å²) in [6.45, 7) is 0. The Morgan fingerprint density at radius 1 is 0.500 bits per heavy atom. The molecule has 0 aromatic heterocycles. The van der Waals surface area contributed by atoms with Crippen LogP contribution in [0.1, 0.15) is 0 Å². The van der Waals surface area contributed by atoms with Crippen LogP contribution >= 0.6 is 0 Å². The third-order valence-corrected chi connectivity index (χ3v) is 2.92. The Bertz CT molecular complexity index is 711. The van der Waals surface area contributed by atoms with Gasteiger partial charge in [0.25, 0.3) is 0 Å². The van der Waals surface area contributed by atoms with Gasteiger partial charge in [-0.1, -0.05) is 0 Å². The maximum Gasteiger partial charge on any atom is 0.167 e. The standard InChI is InChI=1S/C14H6F4/c15-7-1-3-9-11(5-7)12-6-8(16)2-4-10(12)14(18)13(9)17/h1-6H. The van der Waals surface area contributed by atoms with E-state index in [2.05, 4.69) is 0 Å². The van der Waals surface area contributed by atoms with Gasteiger partial charge in [0.05, 0.1) is 0 Å². The van der Waals surface area contributed by atoms with E-state index < -0.39 is 23.3 Å². The van der Waals surface area contributed by atoms with Crippen LogP contribution in [0.4, 0.5) is 17.6 Å². The fourth-order valence-electron chi connectivity index (χ4n) is 2.10. The number of hydrogen-bond acceptors (Lipinski definition) is 0. The van der Waals surface area contributed by atoms with Crippen LogP contribution in [0.25, 0.3) is 21.5 Å². The molecule has 0 amide bonds. The summed E-state index contributed by atoms with van der Waals surface area (Å²) < 4.78 is 53.9. The Morgan fingerprint density at radius 3 is 1.28 bits per heavy atom. The number of benzene rings is 3. The fraction of sp³-hybridized carbons (Fsp3) is 0. The first kappa shape index (κ1) is 11.0. The van der Waals surface area contributed by atoms with Crippen molar-refractivity contribution in [3.8, 4) is 0 Å². The highest BCUT2D eigenvalue weighted by molar-refractivity contribution is 6.08. The second kappa shape index (κ2) is 3.70. The molecule has 0 saturated heterocycles. The number of hydrogen-bond donors (Lipinski definition) is 0. The normalized spacial score (nSPS) is 11.3. The molecule has 0 saturated carbocycles. The van der Waals surface area contributed by atoms with E-state index in [1.165, 1.54) is 0 Å². The zero-order chi connectivity index (χ0) is 12.9. The van der Waals surface area contributed by atoms with Crippen molar-refractivity contribution in [2.24, 2.45) is 0 Å². The molecule has 0 spiro atoms. The first-order valence-electron chi connectivity index (χ1n) is 5.23. The first-order valence-corrected chi connectivity index (χ1v) is 5.23. The van der Waals surface area contributed by atoms with Crippen LogP contribution < -0.4 is 0 Å². The Labute approximate surface area is 99.5 Å². The van der Waals surface area contributed by atoms with E-state index in [1.807, 2.05) is 0 Å².